The summed E-state index contributed by atoms with van der Waals surface area (Å²) in [6.45, 7) is 5.29. The number of phosphoric acid groups is 1. The van der Waals surface area contributed by atoms with Gasteiger partial charge >= 0.3 is 5.97 Å². The molecule has 8 nitrogen and oxygen atoms in total. The molecule has 9 heteroatoms. The molecular formula is C32H64NO7P. The minimum absolute atomic E-state index is 0.0270. The molecule has 0 saturated heterocycles. The molecule has 0 aromatic heterocycles. The monoisotopic (exact) mass is 605 g/mol. The summed E-state index contributed by atoms with van der Waals surface area (Å²) in [6.07, 6.45) is 23.7. The maximum atomic E-state index is 12.5. The molecule has 0 fully saturated rings. The van der Waals surface area contributed by atoms with Crippen molar-refractivity contribution in [1.29, 1.82) is 0 Å². The highest BCUT2D eigenvalue weighted by molar-refractivity contribution is 7.45. The van der Waals surface area contributed by atoms with Gasteiger partial charge in [-0.05, 0) is 32.1 Å². The maximum Gasteiger partial charge on any atom is 0.306 e. The molecule has 0 aliphatic rings. The molecule has 244 valence electrons. The highest BCUT2D eigenvalue weighted by Crippen LogP contribution is 2.38. The number of ether oxygens (including phenoxy) is 2. The molecule has 41 heavy (non-hydrogen) atoms. The van der Waals surface area contributed by atoms with E-state index in [0.717, 1.165) is 32.1 Å². The van der Waals surface area contributed by atoms with Crippen molar-refractivity contribution in [3.63, 3.8) is 0 Å². The van der Waals surface area contributed by atoms with E-state index < -0.39 is 13.9 Å². The fourth-order valence-corrected chi connectivity index (χ4v) is 4.92. The van der Waals surface area contributed by atoms with Gasteiger partial charge < -0.3 is 27.9 Å². The first-order chi connectivity index (χ1) is 19.6. The number of unbranched alkanes of at least 4 members (excludes halogenated alkanes) is 14. The van der Waals surface area contributed by atoms with E-state index in [4.69, 9.17) is 18.5 Å². The summed E-state index contributed by atoms with van der Waals surface area (Å²) in [4.78, 5) is 24.7. The zero-order valence-electron chi connectivity index (χ0n) is 27.2. The SMILES string of the molecule is CCC/C=C\CCCCCCCCOCC(COP(=O)([O-])OCC[N+](C)(C)C)OC(=O)CCCCCCCCCC. The van der Waals surface area contributed by atoms with Crippen molar-refractivity contribution < 1.29 is 37.3 Å². The van der Waals surface area contributed by atoms with Crippen LogP contribution in [0.1, 0.15) is 129 Å². The van der Waals surface area contributed by atoms with Gasteiger partial charge in [0, 0.05) is 13.0 Å². The van der Waals surface area contributed by atoms with Crippen LogP contribution in [0.4, 0.5) is 0 Å². The Bertz CT molecular complexity index is 681. The van der Waals surface area contributed by atoms with Crippen molar-refractivity contribution in [2.24, 2.45) is 0 Å². The Balaban J connectivity index is 4.36. The summed E-state index contributed by atoms with van der Waals surface area (Å²) in [7, 11) is 1.35. The van der Waals surface area contributed by atoms with Gasteiger partial charge in [0.2, 0.25) is 0 Å². The minimum atomic E-state index is -4.50. The molecular weight excluding hydrogens is 541 g/mol. The van der Waals surface area contributed by atoms with Gasteiger partial charge in [-0.3, -0.25) is 9.36 Å². The van der Waals surface area contributed by atoms with Crippen LogP contribution in [0.2, 0.25) is 0 Å². The van der Waals surface area contributed by atoms with Crippen molar-refractivity contribution in [2.45, 2.75) is 136 Å². The number of hydrogen-bond donors (Lipinski definition) is 0. The summed E-state index contributed by atoms with van der Waals surface area (Å²) >= 11 is 0. The highest BCUT2D eigenvalue weighted by atomic mass is 31.2. The van der Waals surface area contributed by atoms with E-state index in [1.807, 2.05) is 21.1 Å². The Morgan fingerprint density at radius 3 is 1.95 bits per heavy atom. The van der Waals surface area contributed by atoms with Gasteiger partial charge in [-0.15, -0.1) is 0 Å². The fraction of sp³-hybridized carbons (Fsp3) is 0.906. The molecule has 0 rings (SSSR count). The number of allylic oxidation sites excluding steroid dienone is 2. The number of likely N-dealkylation sites (N-methyl/N-ethyl adjacent to an activating group) is 1. The largest absolute Gasteiger partial charge is 0.756 e. The Labute approximate surface area is 252 Å². The van der Waals surface area contributed by atoms with Crippen molar-refractivity contribution in [3.8, 4) is 0 Å². The third-order valence-electron chi connectivity index (χ3n) is 6.80. The zero-order chi connectivity index (χ0) is 30.7. The van der Waals surface area contributed by atoms with Crippen molar-refractivity contribution in [2.75, 3.05) is 54.1 Å². The summed E-state index contributed by atoms with van der Waals surface area (Å²) in [5, 5.41) is 0. The van der Waals surface area contributed by atoms with Crippen LogP contribution in [0.25, 0.3) is 0 Å². The molecule has 2 unspecified atom stereocenters. The van der Waals surface area contributed by atoms with Crippen LogP contribution in [0.3, 0.4) is 0 Å². The fourth-order valence-electron chi connectivity index (χ4n) is 4.19. The molecule has 0 N–H and O–H groups in total. The summed E-state index contributed by atoms with van der Waals surface area (Å²) < 4.78 is 34.2. The van der Waals surface area contributed by atoms with Gasteiger partial charge in [0.05, 0.1) is 34.4 Å². The molecule has 0 heterocycles. The molecule has 0 aromatic rings. The number of carbonyl (C=O) groups excluding carboxylic acids is 1. The van der Waals surface area contributed by atoms with E-state index in [-0.39, 0.29) is 25.8 Å². The van der Waals surface area contributed by atoms with Gasteiger partial charge in [0.15, 0.2) is 0 Å². The van der Waals surface area contributed by atoms with Crippen LogP contribution in [0.5, 0.6) is 0 Å². The predicted molar refractivity (Wildman–Crippen MR) is 167 cm³/mol. The number of esters is 1. The second-order valence-electron chi connectivity index (χ2n) is 12.2. The quantitative estimate of drug-likeness (QED) is 0.0272. The number of phosphoric ester groups is 1. The molecule has 0 aliphatic heterocycles. The first-order valence-electron chi connectivity index (χ1n) is 16.4. The molecule has 2 atom stereocenters. The highest BCUT2D eigenvalue weighted by Gasteiger charge is 2.20. The summed E-state index contributed by atoms with van der Waals surface area (Å²) in [5.74, 6) is -0.343. The predicted octanol–water partition coefficient (Wildman–Crippen LogP) is 7.74. The van der Waals surface area contributed by atoms with Crippen LogP contribution in [-0.4, -0.2) is 70.7 Å². The first-order valence-corrected chi connectivity index (χ1v) is 17.9. The van der Waals surface area contributed by atoms with E-state index in [1.165, 1.54) is 77.0 Å². The number of rotatable bonds is 30. The van der Waals surface area contributed by atoms with Gasteiger partial charge in [0.25, 0.3) is 7.82 Å². The lowest BCUT2D eigenvalue weighted by Gasteiger charge is -2.28. The first kappa shape index (κ1) is 40.2. The smallest absolute Gasteiger partial charge is 0.306 e. The average Bonchev–Trinajstić information content (AvgIpc) is 2.90. The lowest BCUT2D eigenvalue weighted by molar-refractivity contribution is -0.870. The molecule has 0 bridgehead atoms. The molecule has 0 aromatic carbocycles. The third-order valence-corrected chi connectivity index (χ3v) is 7.76. The van der Waals surface area contributed by atoms with Gasteiger partial charge in [-0.2, -0.15) is 0 Å². The number of nitrogens with zero attached hydrogens (tertiary/aromatic N) is 1. The Morgan fingerprint density at radius 2 is 1.32 bits per heavy atom. The Hall–Kier alpha value is -0.760. The lowest BCUT2D eigenvalue weighted by atomic mass is 10.1. The minimum Gasteiger partial charge on any atom is -0.756 e. The van der Waals surface area contributed by atoms with Crippen LogP contribution >= 0.6 is 7.82 Å². The van der Waals surface area contributed by atoms with E-state index in [0.29, 0.717) is 24.1 Å². The maximum absolute atomic E-state index is 12.5. The van der Waals surface area contributed by atoms with Crippen molar-refractivity contribution in [1.82, 2.24) is 0 Å². The third kappa shape index (κ3) is 30.5. The van der Waals surface area contributed by atoms with Gasteiger partial charge in [0.1, 0.15) is 19.3 Å². The average molecular weight is 606 g/mol. The number of hydrogen-bond acceptors (Lipinski definition) is 7. The molecule has 0 spiro atoms. The number of carbonyl (C=O) groups is 1. The van der Waals surface area contributed by atoms with E-state index in [1.54, 1.807) is 0 Å². The second-order valence-corrected chi connectivity index (χ2v) is 13.6. The van der Waals surface area contributed by atoms with Gasteiger partial charge in [-0.1, -0.05) is 103 Å². The topological polar surface area (TPSA) is 94.1 Å². The number of quaternary nitrogens is 1. The van der Waals surface area contributed by atoms with Crippen LogP contribution in [-0.2, 0) is 27.9 Å². The molecule has 0 amide bonds. The Kier molecular flexibility index (Phi) is 26.3. The van der Waals surface area contributed by atoms with Gasteiger partial charge in [-0.25, -0.2) is 0 Å². The molecule has 0 saturated carbocycles. The van der Waals surface area contributed by atoms with E-state index in [2.05, 4.69) is 26.0 Å². The normalized spacial score (nSPS) is 14.4. The molecule has 0 aliphatic carbocycles. The van der Waals surface area contributed by atoms with Crippen molar-refractivity contribution in [3.05, 3.63) is 12.2 Å². The van der Waals surface area contributed by atoms with E-state index >= 15 is 0 Å². The van der Waals surface area contributed by atoms with Crippen LogP contribution in [0.15, 0.2) is 12.2 Å². The Morgan fingerprint density at radius 1 is 0.732 bits per heavy atom. The second kappa shape index (κ2) is 26.8. The summed E-state index contributed by atoms with van der Waals surface area (Å²) in [6, 6.07) is 0. The standard InChI is InChI=1S/C32H64NO7P/c1-6-8-10-12-14-16-17-18-20-22-24-27-37-29-31(30-39-41(35,36)38-28-26-33(3,4)5)40-32(34)25-23-21-19-15-13-11-9-7-2/h10,12,31H,6-9,11,13-30H2,1-5H3/b12-10-. The zero-order valence-corrected chi connectivity index (χ0v) is 28.1. The van der Waals surface area contributed by atoms with Crippen molar-refractivity contribution >= 4 is 13.8 Å². The van der Waals surface area contributed by atoms with Crippen LogP contribution in [0, 0.1) is 0 Å². The van der Waals surface area contributed by atoms with E-state index in [9.17, 15) is 14.3 Å². The molecule has 0 radical (unpaired) electrons. The van der Waals surface area contributed by atoms with Crippen LogP contribution < -0.4 is 4.89 Å². The summed E-state index contributed by atoms with van der Waals surface area (Å²) in [5.41, 5.74) is 0. The lowest BCUT2D eigenvalue weighted by Crippen LogP contribution is -2.37.